The molecular formula is C36H38N4O8. The van der Waals surface area contributed by atoms with Crippen molar-refractivity contribution in [2.45, 2.75) is 79.1 Å². The van der Waals surface area contributed by atoms with Crippen LogP contribution in [0.1, 0.15) is 97.4 Å². The molecule has 0 aromatic carbocycles. The predicted molar refractivity (Wildman–Crippen MR) is 181 cm³/mol. The van der Waals surface area contributed by atoms with Crippen LogP contribution in [0, 0.1) is 13.8 Å². The van der Waals surface area contributed by atoms with E-state index >= 15 is 0 Å². The Hall–Kier alpha value is -5.52. The molecule has 0 spiro atoms. The van der Waals surface area contributed by atoms with E-state index in [2.05, 4.69) is 16.9 Å². The summed E-state index contributed by atoms with van der Waals surface area (Å²) in [6, 6.07) is 7.30. The van der Waals surface area contributed by atoms with Crippen molar-refractivity contribution < 1.29 is 39.6 Å². The highest BCUT2D eigenvalue weighted by Gasteiger charge is 2.26. The molecule has 48 heavy (non-hydrogen) atoms. The molecule has 8 bridgehead atoms. The highest BCUT2D eigenvalue weighted by molar-refractivity contribution is 6.00. The van der Waals surface area contributed by atoms with Gasteiger partial charge in [-0.1, -0.05) is 6.92 Å². The Morgan fingerprint density at radius 1 is 0.562 bits per heavy atom. The number of H-pyrrole nitrogens is 2. The van der Waals surface area contributed by atoms with E-state index in [-0.39, 0.29) is 38.5 Å². The molecule has 2 aliphatic rings. The lowest BCUT2D eigenvalue weighted by Gasteiger charge is -2.06. The van der Waals surface area contributed by atoms with Gasteiger partial charge in [0.2, 0.25) is 0 Å². The number of carbonyl (C=O) groups is 4. The second-order valence-corrected chi connectivity index (χ2v) is 12.1. The summed E-state index contributed by atoms with van der Waals surface area (Å²) < 4.78 is 0. The standard InChI is InChI=1S/C36H38N4O8/c1-5-20-17(2)25-13-26-18(3)21(6-9-33(41)42)29(38-26)15-31-23(8-11-35(45)46)24(12-36(47)48)32(40-31)16-30-22(7-10-34(43)44)19(4)27(39-30)14-28(20)37-25/h13-16,37-38H,5-12H2,1-4H3,(H,41,42)(H,43,44)(H,45,46)(H,47,48). The van der Waals surface area contributed by atoms with Gasteiger partial charge in [-0.15, -0.1) is 0 Å². The Balaban J connectivity index is 1.95. The summed E-state index contributed by atoms with van der Waals surface area (Å²) in [7, 11) is 0. The second-order valence-electron chi connectivity index (χ2n) is 12.1. The van der Waals surface area contributed by atoms with Crippen molar-refractivity contribution in [2.24, 2.45) is 0 Å². The van der Waals surface area contributed by atoms with Crippen molar-refractivity contribution in [2.75, 3.05) is 0 Å². The SMILES string of the molecule is CCc1c(C)c2cc3[nH]c(cc4nc(cc5nc(cc1[nH]2)C(C)=C5CCC(=O)O)C(CC(=O)O)=C4CCC(=O)O)c(CCC(=O)O)c3C. The summed E-state index contributed by atoms with van der Waals surface area (Å²) in [5.74, 6) is -4.11. The lowest BCUT2D eigenvalue weighted by Crippen LogP contribution is -2.00. The van der Waals surface area contributed by atoms with Crippen LogP contribution >= 0.6 is 0 Å². The quantitative estimate of drug-likeness (QED) is 0.124. The first-order chi connectivity index (χ1) is 22.8. The molecule has 5 rings (SSSR count). The molecule has 0 amide bonds. The Kier molecular flexibility index (Phi) is 9.64. The number of carboxylic acids is 4. The minimum atomic E-state index is -1.13. The fourth-order valence-electron chi connectivity index (χ4n) is 6.56. The van der Waals surface area contributed by atoms with Crippen LogP contribution in [0.4, 0.5) is 0 Å². The molecule has 6 N–H and O–H groups in total. The smallest absolute Gasteiger partial charge is 0.307 e. The van der Waals surface area contributed by atoms with Crippen LogP contribution in [0.25, 0.3) is 44.4 Å². The van der Waals surface area contributed by atoms with E-state index in [4.69, 9.17) is 9.97 Å². The van der Waals surface area contributed by atoms with Crippen molar-refractivity contribution in [3.63, 3.8) is 0 Å². The van der Waals surface area contributed by atoms with Crippen molar-refractivity contribution in [3.8, 4) is 0 Å². The zero-order valence-electron chi connectivity index (χ0n) is 27.3. The van der Waals surface area contributed by atoms with E-state index in [0.717, 1.165) is 50.8 Å². The van der Waals surface area contributed by atoms with Gasteiger partial charge in [0.1, 0.15) is 0 Å². The third kappa shape index (κ3) is 6.92. The fourth-order valence-corrected chi connectivity index (χ4v) is 6.56. The monoisotopic (exact) mass is 654 g/mol. The number of aryl methyl sites for hydroxylation is 4. The zero-order chi connectivity index (χ0) is 34.9. The van der Waals surface area contributed by atoms with Crippen LogP contribution in [0.15, 0.2) is 24.3 Å². The third-order valence-electron chi connectivity index (χ3n) is 9.09. The first-order valence-corrected chi connectivity index (χ1v) is 15.8. The molecule has 12 nitrogen and oxygen atoms in total. The van der Waals surface area contributed by atoms with Gasteiger partial charge in [-0.25, -0.2) is 9.97 Å². The van der Waals surface area contributed by atoms with Crippen molar-refractivity contribution in [1.82, 2.24) is 19.9 Å². The van der Waals surface area contributed by atoms with Gasteiger partial charge >= 0.3 is 23.9 Å². The molecule has 5 heterocycles. The molecule has 2 aliphatic heterocycles. The van der Waals surface area contributed by atoms with Gasteiger partial charge in [-0.2, -0.15) is 0 Å². The number of aliphatic carboxylic acids is 4. The number of carboxylic acid groups (broad SMARTS) is 4. The van der Waals surface area contributed by atoms with Gasteiger partial charge in [0, 0.05) is 41.3 Å². The van der Waals surface area contributed by atoms with Crippen LogP contribution in [-0.2, 0) is 32.0 Å². The molecular weight excluding hydrogens is 616 g/mol. The van der Waals surface area contributed by atoms with Gasteiger partial charge in [0.05, 0.1) is 29.2 Å². The molecule has 0 aliphatic carbocycles. The molecule has 0 radical (unpaired) electrons. The number of aromatic amines is 2. The number of aromatic nitrogens is 4. The Bertz CT molecular complexity index is 2100. The third-order valence-corrected chi connectivity index (χ3v) is 9.09. The maximum atomic E-state index is 12.1. The number of allylic oxidation sites excluding steroid dienone is 3. The largest absolute Gasteiger partial charge is 0.481 e. The first-order valence-electron chi connectivity index (χ1n) is 15.8. The summed E-state index contributed by atoms with van der Waals surface area (Å²) in [6.07, 6.45) is 0.202. The molecule has 0 unspecified atom stereocenters. The molecule has 3 aromatic rings. The summed E-state index contributed by atoms with van der Waals surface area (Å²) in [5.41, 5.74) is 10.8. The van der Waals surface area contributed by atoms with Crippen LogP contribution < -0.4 is 0 Å². The van der Waals surface area contributed by atoms with Crippen LogP contribution in [0.3, 0.4) is 0 Å². The van der Waals surface area contributed by atoms with E-state index in [0.29, 0.717) is 45.0 Å². The molecule has 0 saturated carbocycles. The number of nitrogens with one attached hydrogen (secondary N) is 2. The van der Waals surface area contributed by atoms with E-state index in [1.165, 1.54) is 0 Å². The van der Waals surface area contributed by atoms with Crippen LogP contribution in [-0.4, -0.2) is 64.2 Å². The Morgan fingerprint density at radius 3 is 1.62 bits per heavy atom. The van der Waals surface area contributed by atoms with Crippen molar-refractivity contribution >= 4 is 68.2 Å². The van der Waals surface area contributed by atoms with Gasteiger partial charge in [-0.05, 0) is 115 Å². The molecule has 3 aromatic heterocycles. The zero-order valence-corrected chi connectivity index (χ0v) is 27.3. The lowest BCUT2D eigenvalue weighted by atomic mass is 9.96. The number of fused-ring (bicyclic) bond motifs is 8. The molecule has 12 heteroatoms. The molecule has 250 valence electrons. The van der Waals surface area contributed by atoms with Gasteiger partial charge in [-0.3, -0.25) is 19.2 Å². The van der Waals surface area contributed by atoms with E-state index in [1.54, 1.807) is 12.1 Å². The average Bonchev–Trinajstić information content (AvgIpc) is 3.67. The Labute approximate surface area is 275 Å². The summed E-state index contributed by atoms with van der Waals surface area (Å²) in [6.45, 7) is 7.88. The van der Waals surface area contributed by atoms with Crippen LogP contribution in [0.5, 0.6) is 0 Å². The molecule has 0 saturated heterocycles. The lowest BCUT2D eigenvalue weighted by molar-refractivity contribution is -0.137. The predicted octanol–water partition coefficient (Wildman–Crippen LogP) is 6.56. The normalized spacial score (nSPS) is 12.9. The van der Waals surface area contributed by atoms with Gasteiger partial charge < -0.3 is 30.4 Å². The van der Waals surface area contributed by atoms with Gasteiger partial charge in [0.15, 0.2) is 0 Å². The van der Waals surface area contributed by atoms with E-state index < -0.39 is 30.3 Å². The number of hydrogen-bond donors (Lipinski definition) is 6. The summed E-state index contributed by atoms with van der Waals surface area (Å²) >= 11 is 0. The molecule has 0 atom stereocenters. The summed E-state index contributed by atoms with van der Waals surface area (Å²) in [4.78, 5) is 63.8. The van der Waals surface area contributed by atoms with Crippen molar-refractivity contribution in [1.29, 1.82) is 0 Å². The maximum absolute atomic E-state index is 12.1. The highest BCUT2D eigenvalue weighted by Crippen LogP contribution is 2.39. The topological polar surface area (TPSA) is 207 Å². The number of hydrogen-bond acceptors (Lipinski definition) is 6. The Morgan fingerprint density at radius 2 is 1.04 bits per heavy atom. The second kappa shape index (κ2) is 13.7. The number of rotatable bonds is 12. The van der Waals surface area contributed by atoms with E-state index in [1.807, 2.05) is 32.9 Å². The highest BCUT2D eigenvalue weighted by atomic mass is 16.4. The minimum Gasteiger partial charge on any atom is -0.481 e. The minimum absolute atomic E-state index is 0.00999. The first kappa shape index (κ1) is 33.8. The maximum Gasteiger partial charge on any atom is 0.307 e. The van der Waals surface area contributed by atoms with E-state index in [9.17, 15) is 39.6 Å². The summed E-state index contributed by atoms with van der Waals surface area (Å²) in [5, 5.41) is 38.5. The fraction of sp³-hybridized carbons (Fsp3) is 0.333. The number of nitrogens with zero attached hydrogens (tertiary/aromatic N) is 2. The average molecular weight is 655 g/mol. The van der Waals surface area contributed by atoms with Crippen molar-refractivity contribution in [3.05, 3.63) is 69.3 Å². The molecule has 0 fully saturated rings. The van der Waals surface area contributed by atoms with Crippen LogP contribution in [0.2, 0.25) is 0 Å². The van der Waals surface area contributed by atoms with Gasteiger partial charge in [0.25, 0.3) is 0 Å².